The van der Waals surface area contributed by atoms with E-state index in [1.807, 2.05) is 50.5 Å². The van der Waals surface area contributed by atoms with E-state index in [4.69, 9.17) is 0 Å². The van der Waals surface area contributed by atoms with Crippen LogP contribution in [0.15, 0.2) is 42.7 Å². The van der Waals surface area contributed by atoms with Crippen molar-refractivity contribution in [1.82, 2.24) is 4.98 Å². The second-order valence-corrected chi connectivity index (χ2v) is 4.97. The van der Waals surface area contributed by atoms with Crippen LogP contribution in [0.2, 0.25) is 0 Å². The number of anilines is 1. The first kappa shape index (κ1) is 14.3. The second-order valence-electron chi connectivity index (χ2n) is 4.97. The molecule has 0 radical (unpaired) electrons. The average molecular weight is 268 g/mol. The van der Waals surface area contributed by atoms with Gasteiger partial charge in [0.1, 0.15) is 0 Å². The number of aryl methyl sites for hydroxylation is 1. The summed E-state index contributed by atoms with van der Waals surface area (Å²) in [6.07, 6.45) is 5.21. The Labute approximate surface area is 120 Å². The van der Waals surface area contributed by atoms with E-state index in [9.17, 15) is 4.79 Å². The lowest BCUT2D eigenvalue weighted by Gasteiger charge is -2.07. The number of ketones is 1. The number of Topliss-reactive ketones (excluding diaryl/α,β-unsaturated/α-hetero) is 1. The zero-order chi connectivity index (χ0) is 14.4. The number of nitrogens with zero attached hydrogens (tertiary/aromatic N) is 1. The number of nitrogens with one attached hydrogen (secondary N) is 1. The van der Waals surface area contributed by atoms with Crippen LogP contribution >= 0.6 is 0 Å². The van der Waals surface area contributed by atoms with E-state index in [2.05, 4.69) is 16.4 Å². The van der Waals surface area contributed by atoms with Gasteiger partial charge in [0.2, 0.25) is 0 Å². The summed E-state index contributed by atoms with van der Waals surface area (Å²) in [5.41, 5.74) is 4.11. The highest BCUT2D eigenvalue weighted by molar-refractivity contribution is 5.96. The van der Waals surface area contributed by atoms with Crippen molar-refractivity contribution in [3.63, 3.8) is 0 Å². The Bertz CT molecular complexity index is 576. The van der Waals surface area contributed by atoms with Gasteiger partial charge in [0.15, 0.2) is 5.78 Å². The van der Waals surface area contributed by atoms with E-state index < -0.39 is 0 Å². The fraction of sp³-hybridized carbons (Fsp3) is 0.294. The Kier molecular flexibility index (Phi) is 4.88. The fourth-order valence-electron chi connectivity index (χ4n) is 2.06. The predicted octanol–water partition coefficient (Wildman–Crippen LogP) is 3.98. The van der Waals surface area contributed by atoms with Gasteiger partial charge in [-0.2, -0.15) is 0 Å². The summed E-state index contributed by atoms with van der Waals surface area (Å²) < 4.78 is 0. The molecular weight excluding hydrogens is 248 g/mol. The van der Waals surface area contributed by atoms with Crippen LogP contribution in [0, 0.1) is 6.92 Å². The quantitative estimate of drug-likeness (QED) is 0.806. The molecule has 0 spiro atoms. The van der Waals surface area contributed by atoms with E-state index in [0.29, 0.717) is 6.42 Å². The second kappa shape index (κ2) is 6.85. The van der Waals surface area contributed by atoms with Crippen LogP contribution in [0.3, 0.4) is 0 Å². The summed E-state index contributed by atoms with van der Waals surface area (Å²) in [6, 6.07) is 9.78. The molecule has 1 heterocycles. The Balaban J connectivity index is 1.95. The first-order chi connectivity index (χ1) is 9.69. The van der Waals surface area contributed by atoms with E-state index in [1.54, 1.807) is 0 Å². The Morgan fingerprint density at radius 1 is 1.20 bits per heavy atom. The first-order valence-electron chi connectivity index (χ1n) is 6.96. The van der Waals surface area contributed by atoms with E-state index in [0.717, 1.165) is 35.3 Å². The minimum Gasteiger partial charge on any atom is -0.381 e. The SMILES string of the molecule is CCCC(=O)c1ccc(NCc2cncc(C)c2)cc1. The Hall–Kier alpha value is -2.16. The van der Waals surface area contributed by atoms with Gasteiger partial charge in [-0.15, -0.1) is 0 Å². The summed E-state index contributed by atoms with van der Waals surface area (Å²) in [4.78, 5) is 15.9. The molecule has 0 amide bonds. The fourth-order valence-corrected chi connectivity index (χ4v) is 2.06. The molecule has 0 aliphatic heterocycles. The molecule has 0 atom stereocenters. The Morgan fingerprint density at radius 3 is 2.60 bits per heavy atom. The highest BCUT2D eigenvalue weighted by atomic mass is 16.1. The van der Waals surface area contributed by atoms with Gasteiger partial charge in [-0.1, -0.05) is 13.0 Å². The topological polar surface area (TPSA) is 42.0 Å². The third-order valence-corrected chi connectivity index (χ3v) is 3.11. The van der Waals surface area contributed by atoms with Crippen LogP contribution in [0.1, 0.15) is 41.3 Å². The third-order valence-electron chi connectivity index (χ3n) is 3.11. The maximum atomic E-state index is 11.7. The van der Waals surface area contributed by atoms with Gasteiger partial charge >= 0.3 is 0 Å². The van der Waals surface area contributed by atoms with Gasteiger partial charge in [0.25, 0.3) is 0 Å². The van der Waals surface area contributed by atoms with Crippen molar-refractivity contribution in [3.05, 3.63) is 59.4 Å². The van der Waals surface area contributed by atoms with Crippen molar-refractivity contribution >= 4 is 11.5 Å². The summed E-state index contributed by atoms with van der Waals surface area (Å²) in [7, 11) is 0. The molecule has 0 saturated heterocycles. The van der Waals surface area contributed by atoms with Crippen molar-refractivity contribution in [2.45, 2.75) is 33.2 Å². The van der Waals surface area contributed by atoms with Gasteiger partial charge in [-0.3, -0.25) is 9.78 Å². The monoisotopic (exact) mass is 268 g/mol. The van der Waals surface area contributed by atoms with Crippen LogP contribution in [0.25, 0.3) is 0 Å². The summed E-state index contributed by atoms with van der Waals surface area (Å²) in [5, 5.41) is 3.33. The summed E-state index contributed by atoms with van der Waals surface area (Å²) in [5.74, 6) is 0.210. The highest BCUT2D eigenvalue weighted by Gasteiger charge is 2.04. The number of rotatable bonds is 6. The molecule has 104 valence electrons. The lowest BCUT2D eigenvalue weighted by molar-refractivity contribution is 0.0982. The molecule has 0 aliphatic rings. The predicted molar refractivity (Wildman–Crippen MR) is 82.0 cm³/mol. The number of carbonyl (C=O) groups excluding carboxylic acids is 1. The van der Waals surface area contributed by atoms with Crippen molar-refractivity contribution in [2.24, 2.45) is 0 Å². The first-order valence-corrected chi connectivity index (χ1v) is 6.96. The largest absolute Gasteiger partial charge is 0.381 e. The number of benzene rings is 1. The molecule has 1 N–H and O–H groups in total. The van der Waals surface area contributed by atoms with E-state index >= 15 is 0 Å². The van der Waals surface area contributed by atoms with E-state index in [1.165, 1.54) is 0 Å². The van der Waals surface area contributed by atoms with Crippen LogP contribution in [0.5, 0.6) is 0 Å². The number of hydrogen-bond acceptors (Lipinski definition) is 3. The van der Waals surface area contributed by atoms with E-state index in [-0.39, 0.29) is 5.78 Å². The molecule has 2 rings (SSSR count). The maximum Gasteiger partial charge on any atom is 0.162 e. The van der Waals surface area contributed by atoms with Crippen LogP contribution in [0.4, 0.5) is 5.69 Å². The molecule has 0 fully saturated rings. The molecule has 0 saturated carbocycles. The van der Waals surface area contributed by atoms with Gasteiger partial charge in [-0.05, 0) is 48.7 Å². The third kappa shape index (κ3) is 3.92. The molecular formula is C17H20N2O. The molecule has 1 aromatic carbocycles. The smallest absolute Gasteiger partial charge is 0.162 e. The van der Waals surface area contributed by atoms with Crippen molar-refractivity contribution in [1.29, 1.82) is 0 Å². The van der Waals surface area contributed by atoms with Gasteiger partial charge in [0, 0.05) is 36.6 Å². The molecule has 0 unspecified atom stereocenters. The number of aromatic nitrogens is 1. The number of hydrogen-bond donors (Lipinski definition) is 1. The van der Waals surface area contributed by atoms with Crippen LogP contribution in [-0.2, 0) is 6.54 Å². The minimum atomic E-state index is 0.210. The molecule has 3 nitrogen and oxygen atoms in total. The molecule has 2 aromatic rings. The zero-order valence-electron chi connectivity index (χ0n) is 12.0. The summed E-state index contributed by atoms with van der Waals surface area (Å²) >= 11 is 0. The highest BCUT2D eigenvalue weighted by Crippen LogP contribution is 2.13. The summed E-state index contributed by atoms with van der Waals surface area (Å²) in [6.45, 7) is 4.78. The van der Waals surface area contributed by atoms with Gasteiger partial charge in [-0.25, -0.2) is 0 Å². The normalized spacial score (nSPS) is 10.3. The zero-order valence-corrected chi connectivity index (χ0v) is 12.0. The van der Waals surface area contributed by atoms with Crippen molar-refractivity contribution < 1.29 is 4.79 Å². The average Bonchev–Trinajstić information content (AvgIpc) is 2.46. The lowest BCUT2D eigenvalue weighted by Crippen LogP contribution is -2.02. The standard InChI is InChI=1S/C17H20N2O/c1-3-4-17(20)15-5-7-16(8-6-15)19-12-14-9-13(2)10-18-11-14/h5-11,19H,3-4,12H2,1-2H3. The van der Waals surface area contributed by atoms with Crippen LogP contribution < -0.4 is 5.32 Å². The van der Waals surface area contributed by atoms with Crippen LogP contribution in [-0.4, -0.2) is 10.8 Å². The van der Waals surface area contributed by atoms with Crippen molar-refractivity contribution in [2.75, 3.05) is 5.32 Å². The minimum absolute atomic E-state index is 0.210. The molecule has 3 heteroatoms. The maximum absolute atomic E-state index is 11.7. The van der Waals surface area contributed by atoms with Crippen molar-refractivity contribution in [3.8, 4) is 0 Å². The molecule has 1 aromatic heterocycles. The molecule has 0 aliphatic carbocycles. The molecule has 0 bridgehead atoms. The van der Waals surface area contributed by atoms with Gasteiger partial charge in [0.05, 0.1) is 0 Å². The van der Waals surface area contributed by atoms with Gasteiger partial charge < -0.3 is 5.32 Å². The number of carbonyl (C=O) groups is 1. The lowest BCUT2D eigenvalue weighted by atomic mass is 10.1. The number of pyridine rings is 1. The molecule has 20 heavy (non-hydrogen) atoms. The Morgan fingerprint density at radius 2 is 1.95 bits per heavy atom.